The molecule has 0 saturated carbocycles. The number of nitrogens with two attached hydrogens (primary N) is 1. The maximum absolute atomic E-state index is 12.7. The summed E-state index contributed by atoms with van der Waals surface area (Å²) in [5.41, 5.74) is 11.2. The van der Waals surface area contributed by atoms with Gasteiger partial charge in [-0.15, -0.1) is 0 Å². The molecule has 18 heavy (non-hydrogen) atoms. The summed E-state index contributed by atoms with van der Waals surface area (Å²) in [5.74, 6) is 0.403. The van der Waals surface area contributed by atoms with Crippen LogP contribution >= 0.6 is 0 Å². The second-order valence-electron chi connectivity index (χ2n) is 5.59. The molecule has 1 aromatic carbocycles. The molecular formula is C16H25NO. The number of aryl methyl sites for hydroxylation is 2. The summed E-state index contributed by atoms with van der Waals surface area (Å²) >= 11 is 0. The fraction of sp³-hybridized carbons (Fsp3) is 0.562. The molecule has 100 valence electrons. The van der Waals surface area contributed by atoms with Crippen molar-refractivity contribution in [3.8, 4) is 0 Å². The van der Waals surface area contributed by atoms with Gasteiger partial charge in [0, 0.05) is 18.0 Å². The molecular weight excluding hydrogens is 222 g/mol. The molecule has 0 spiro atoms. The fourth-order valence-electron chi connectivity index (χ4n) is 2.45. The number of benzene rings is 1. The Labute approximate surface area is 111 Å². The first-order valence-corrected chi connectivity index (χ1v) is 6.62. The normalized spacial score (nSPS) is 12.9. The third-order valence-corrected chi connectivity index (χ3v) is 4.01. The lowest BCUT2D eigenvalue weighted by Gasteiger charge is -2.21. The van der Waals surface area contributed by atoms with Crippen LogP contribution in [0.1, 0.15) is 46.5 Å². The van der Waals surface area contributed by atoms with Gasteiger partial charge in [-0.1, -0.05) is 19.9 Å². The van der Waals surface area contributed by atoms with Gasteiger partial charge in [0.2, 0.25) is 0 Å². The van der Waals surface area contributed by atoms with Gasteiger partial charge < -0.3 is 5.73 Å². The van der Waals surface area contributed by atoms with E-state index in [2.05, 4.69) is 33.8 Å². The number of carbonyl (C=O) groups excluding carboxylic acids is 1. The summed E-state index contributed by atoms with van der Waals surface area (Å²) < 4.78 is 0. The number of hydrogen-bond donors (Lipinski definition) is 1. The van der Waals surface area contributed by atoms with Crippen LogP contribution in [0.4, 0.5) is 0 Å². The lowest BCUT2D eigenvalue weighted by atomic mass is 9.82. The lowest BCUT2D eigenvalue weighted by Crippen LogP contribution is -2.29. The zero-order valence-electron chi connectivity index (χ0n) is 12.4. The van der Waals surface area contributed by atoms with Crippen LogP contribution in [0.3, 0.4) is 0 Å². The zero-order valence-corrected chi connectivity index (χ0v) is 12.4. The first-order chi connectivity index (χ1) is 8.31. The van der Waals surface area contributed by atoms with Gasteiger partial charge in [-0.05, 0) is 55.9 Å². The average Bonchev–Trinajstić information content (AvgIpc) is 2.27. The molecule has 0 aromatic heterocycles. The average molecular weight is 247 g/mol. The number of rotatable bonds is 4. The van der Waals surface area contributed by atoms with E-state index in [1.54, 1.807) is 0 Å². The van der Waals surface area contributed by atoms with Crippen molar-refractivity contribution < 1.29 is 4.79 Å². The van der Waals surface area contributed by atoms with Crippen molar-refractivity contribution in [2.75, 3.05) is 6.54 Å². The summed E-state index contributed by atoms with van der Waals surface area (Å²) in [6.45, 7) is 12.7. The SMILES string of the molecule is Cc1cc(C)c(C)c(C(=O)C(CN)C(C)C)c1C. The van der Waals surface area contributed by atoms with Crippen LogP contribution in [0.25, 0.3) is 0 Å². The number of ketones is 1. The van der Waals surface area contributed by atoms with E-state index in [9.17, 15) is 4.79 Å². The molecule has 1 atom stereocenters. The molecule has 0 heterocycles. The van der Waals surface area contributed by atoms with E-state index in [0.29, 0.717) is 6.54 Å². The van der Waals surface area contributed by atoms with Crippen LogP contribution in [-0.4, -0.2) is 12.3 Å². The van der Waals surface area contributed by atoms with E-state index in [1.807, 2.05) is 13.8 Å². The topological polar surface area (TPSA) is 43.1 Å². The van der Waals surface area contributed by atoms with E-state index in [0.717, 1.165) is 16.7 Å². The number of carbonyl (C=O) groups is 1. The molecule has 1 aromatic rings. The molecule has 0 amide bonds. The minimum atomic E-state index is -0.0800. The quantitative estimate of drug-likeness (QED) is 0.829. The standard InChI is InChI=1S/C16H25NO/c1-9(2)14(8-17)16(18)15-12(5)10(3)7-11(4)13(15)6/h7,9,14H,8,17H2,1-6H3. The summed E-state index contributed by atoms with van der Waals surface area (Å²) in [6, 6.07) is 2.15. The molecule has 0 saturated heterocycles. The molecule has 1 unspecified atom stereocenters. The van der Waals surface area contributed by atoms with E-state index in [1.165, 1.54) is 11.1 Å². The van der Waals surface area contributed by atoms with Gasteiger partial charge in [0.1, 0.15) is 0 Å². The van der Waals surface area contributed by atoms with Crippen molar-refractivity contribution in [1.82, 2.24) is 0 Å². The van der Waals surface area contributed by atoms with Gasteiger partial charge in [-0.3, -0.25) is 4.79 Å². The van der Waals surface area contributed by atoms with E-state index in [-0.39, 0.29) is 17.6 Å². The van der Waals surface area contributed by atoms with Gasteiger partial charge in [0.05, 0.1) is 0 Å². The maximum Gasteiger partial charge on any atom is 0.168 e. The van der Waals surface area contributed by atoms with Crippen molar-refractivity contribution in [3.05, 3.63) is 33.9 Å². The first kappa shape index (κ1) is 14.9. The predicted octanol–water partition coefficient (Wildman–Crippen LogP) is 3.33. The third kappa shape index (κ3) is 2.64. The monoisotopic (exact) mass is 247 g/mol. The molecule has 0 aliphatic rings. The second-order valence-corrected chi connectivity index (χ2v) is 5.59. The minimum Gasteiger partial charge on any atom is -0.330 e. The van der Waals surface area contributed by atoms with Gasteiger partial charge in [-0.2, -0.15) is 0 Å². The van der Waals surface area contributed by atoms with Crippen LogP contribution in [0, 0.1) is 39.5 Å². The Bertz CT molecular complexity index is 434. The summed E-state index contributed by atoms with van der Waals surface area (Å²) in [4.78, 5) is 12.7. The van der Waals surface area contributed by atoms with E-state index in [4.69, 9.17) is 5.73 Å². The van der Waals surface area contributed by atoms with Crippen molar-refractivity contribution in [3.63, 3.8) is 0 Å². The second kappa shape index (κ2) is 5.66. The first-order valence-electron chi connectivity index (χ1n) is 6.62. The van der Waals surface area contributed by atoms with Gasteiger partial charge in [-0.25, -0.2) is 0 Å². The highest BCUT2D eigenvalue weighted by molar-refractivity contribution is 6.01. The smallest absolute Gasteiger partial charge is 0.168 e. The maximum atomic E-state index is 12.7. The summed E-state index contributed by atoms with van der Waals surface area (Å²) in [6.07, 6.45) is 0. The lowest BCUT2D eigenvalue weighted by molar-refractivity contribution is 0.0890. The van der Waals surface area contributed by atoms with Crippen LogP contribution < -0.4 is 5.73 Å². The van der Waals surface area contributed by atoms with Gasteiger partial charge in [0.15, 0.2) is 5.78 Å². The molecule has 2 N–H and O–H groups in total. The summed E-state index contributed by atoms with van der Waals surface area (Å²) in [7, 11) is 0. The molecule has 0 radical (unpaired) electrons. The van der Waals surface area contributed by atoms with Crippen LogP contribution in [-0.2, 0) is 0 Å². The zero-order chi connectivity index (χ0) is 14.0. The Morgan fingerprint density at radius 3 is 1.89 bits per heavy atom. The Morgan fingerprint density at radius 1 is 1.11 bits per heavy atom. The van der Waals surface area contributed by atoms with E-state index >= 15 is 0 Å². The Balaban J connectivity index is 3.37. The molecule has 2 nitrogen and oxygen atoms in total. The molecule has 0 aliphatic carbocycles. The molecule has 0 fully saturated rings. The Kier molecular flexibility index (Phi) is 4.69. The van der Waals surface area contributed by atoms with Gasteiger partial charge in [0.25, 0.3) is 0 Å². The predicted molar refractivity (Wildman–Crippen MR) is 77.1 cm³/mol. The highest BCUT2D eigenvalue weighted by atomic mass is 16.1. The molecule has 0 aliphatic heterocycles. The molecule has 2 heteroatoms. The number of hydrogen-bond acceptors (Lipinski definition) is 2. The Morgan fingerprint density at radius 2 is 1.56 bits per heavy atom. The van der Waals surface area contributed by atoms with Crippen molar-refractivity contribution in [1.29, 1.82) is 0 Å². The largest absolute Gasteiger partial charge is 0.330 e. The minimum absolute atomic E-state index is 0.0800. The molecule has 0 bridgehead atoms. The molecule has 1 rings (SSSR count). The van der Waals surface area contributed by atoms with Crippen molar-refractivity contribution >= 4 is 5.78 Å². The van der Waals surface area contributed by atoms with E-state index < -0.39 is 0 Å². The van der Waals surface area contributed by atoms with Gasteiger partial charge >= 0.3 is 0 Å². The third-order valence-electron chi connectivity index (χ3n) is 4.01. The van der Waals surface area contributed by atoms with Crippen LogP contribution in [0.5, 0.6) is 0 Å². The Hall–Kier alpha value is -1.15. The van der Waals surface area contributed by atoms with Crippen LogP contribution in [0.15, 0.2) is 6.07 Å². The van der Waals surface area contributed by atoms with Crippen molar-refractivity contribution in [2.45, 2.75) is 41.5 Å². The number of Topliss-reactive ketones (excluding diaryl/α,β-unsaturated/α-hetero) is 1. The summed E-state index contributed by atoms with van der Waals surface area (Å²) in [5, 5.41) is 0. The van der Waals surface area contributed by atoms with Crippen LogP contribution in [0.2, 0.25) is 0 Å². The highest BCUT2D eigenvalue weighted by Crippen LogP contribution is 2.26. The van der Waals surface area contributed by atoms with Crippen molar-refractivity contribution in [2.24, 2.45) is 17.6 Å². The fourth-order valence-corrected chi connectivity index (χ4v) is 2.45. The highest BCUT2D eigenvalue weighted by Gasteiger charge is 2.25.